The molecule has 0 aromatic heterocycles. The lowest BCUT2D eigenvalue weighted by atomic mass is 10.0. The lowest BCUT2D eigenvalue weighted by Crippen LogP contribution is -2.56. The standard InChI is InChI=1S/C36H40BrN3O4S/c1-26-16-21-31(22-27(26)2)40(45(43,44)32-14-10-7-11-15-32)25-34(41)39(24-29-17-19-30(37)20-18-29)33(35(42)38-36(3,4)5)23-28-12-8-6-9-13-28/h6-22,33H,23-25H2,1-5H3,(H,38,42)/t33-/m0/s1. The van der Waals surface area contributed by atoms with Gasteiger partial charge in [0.15, 0.2) is 0 Å². The highest BCUT2D eigenvalue weighted by Crippen LogP contribution is 2.27. The largest absolute Gasteiger partial charge is 0.350 e. The Morgan fingerprint density at radius 3 is 1.98 bits per heavy atom. The van der Waals surface area contributed by atoms with Gasteiger partial charge in [-0.2, -0.15) is 0 Å². The zero-order valence-corrected chi connectivity index (χ0v) is 28.7. The summed E-state index contributed by atoms with van der Waals surface area (Å²) in [6, 6.07) is 29.5. The Bertz CT molecular complexity index is 1720. The summed E-state index contributed by atoms with van der Waals surface area (Å²) in [5, 5.41) is 3.05. The average Bonchev–Trinajstić information content (AvgIpc) is 3.00. The average molecular weight is 691 g/mol. The topological polar surface area (TPSA) is 86.8 Å². The number of benzene rings is 4. The summed E-state index contributed by atoms with van der Waals surface area (Å²) in [6.07, 6.45) is 0.250. The van der Waals surface area contributed by atoms with Crippen molar-refractivity contribution in [2.75, 3.05) is 10.8 Å². The Morgan fingerprint density at radius 2 is 1.40 bits per heavy atom. The number of carbonyl (C=O) groups is 2. The molecule has 0 aliphatic rings. The number of anilines is 1. The molecule has 0 unspecified atom stereocenters. The molecule has 0 aliphatic heterocycles. The van der Waals surface area contributed by atoms with Crippen molar-refractivity contribution in [1.82, 2.24) is 10.2 Å². The summed E-state index contributed by atoms with van der Waals surface area (Å²) < 4.78 is 30.3. The molecular weight excluding hydrogens is 650 g/mol. The minimum atomic E-state index is -4.15. The number of hydrogen-bond acceptors (Lipinski definition) is 4. The van der Waals surface area contributed by atoms with Gasteiger partial charge in [0.05, 0.1) is 10.6 Å². The minimum absolute atomic E-state index is 0.0711. The minimum Gasteiger partial charge on any atom is -0.350 e. The third kappa shape index (κ3) is 9.05. The zero-order valence-electron chi connectivity index (χ0n) is 26.3. The third-order valence-electron chi connectivity index (χ3n) is 7.42. The Labute approximate surface area is 275 Å². The van der Waals surface area contributed by atoms with Gasteiger partial charge >= 0.3 is 0 Å². The van der Waals surface area contributed by atoms with E-state index in [0.717, 1.165) is 31.0 Å². The van der Waals surface area contributed by atoms with Crippen molar-refractivity contribution in [2.45, 2.75) is 64.1 Å². The predicted molar refractivity (Wildman–Crippen MR) is 183 cm³/mol. The van der Waals surface area contributed by atoms with Gasteiger partial charge in [-0.15, -0.1) is 0 Å². The van der Waals surface area contributed by atoms with E-state index in [-0.39, 0.29) is 23.8 Å². The van der Waals surface area contributed by atoms with Gasteiger partial charge in [0.1, 0.15) is 12.6 Å². The van der Waals surface area contributed by atoms with E-state index in [1.165, 1.54) is 17.0 Å². The first-order chi connectivity index (χ1) is 21.2. The van der Waals surface area contributed by atoms with Crippen LogP contribution in [0.1, 0.15) is 43.0 Å². The van der Waals surface area contributed by atoms with Crippen LogP contribution in [0.25, 0.3) is 0 Å². The van der Waals surface area contributed by atoms with Crippen LogP contribution in [0.15, 0.2) is 112 Å². The molecular formula is C36H40BrN3O4S. The molecule has 0 spiro atoms. The van der Waals surface area contributed by atoms with Crippen LogP contribution >= 0.6 is 15.9 Å². The van der Waals surface area contributed by atoms with Crippen molar-refractivity contribution in [2.24, 2.45) is 0 Å². The van der Waals surface area contributed by atoms with E-state index in [2.05, 4.69) is 21.2 Å². The van der Waals surface area contributed by atoms with Crippen LogP contribution < -0.4 is 9.62 Å². The van der Waals surface area contributed by atoms with Crippen molar-refractivity contribution < 1.29 is 18.0 Å². The Morgan fingerprint density at radius 1 is 0.800 bits per heavy atom. The molecule has 236 valence electrons. The number of halogens is 1. The molecule has 7 nitrogen and oxygen atoms in total. The summed E-state index contributed by atoms with van der Waals surface area (Å²) in [7, 11) is -4.15. The van der Waals surface area contributed by atoms with Gasteiger partial charge in [0.2, 0.25) is 11.8 Å². The van der Waals surface area contributed by atoms with Crippen LogP contribution in [-0.4, -0.2) is 43.3 Å². The first-order valence-electron chi connectivity index (χ1n) is 14.8. The van der Waals surface area contributed by atoms with Crippen molar-refractivity contribution in [3.63, 3.8) is 0 Å². The summed E-state index contributed by atoms with van der Waals surface area (Å²) in [5.74, 6) is -0.818. The maximum Gasteiger partial charge on any atom is 0.264 e. The fourth-order valence-corrected chi connectivity index (χ4v) is 6.61. The maximum absolute atomic E-state index is 14.6. The van der Waals surface area contributed by atoms with E-state index in [4.69, 9.17) is 0 Å². The molecule has 0 heterocycles. The molecule has 1 N–H and O–H groups in total. The fraction of sp³-hybridized carbons (Fsp3) is 0.278. The molecule has 0 saturated carbocycles. The Balaban J connectivity index is 1.82. The first-order valence-corrected chi connectivity index (χ1v) is 17.0. The van der Waals surface area contributed by atoms with Gasteiger partial charge in [-0.05, 0) is 93.3 Å². The van der Waals surface area contributed by atoms with Crippen LogP contribution in [0.3, 0.4) is 0 Å². The highest BCUT2D eigenvalue weighted by atomic mass is 79.9. The monoisotopic (exact) mass is 689 g/mol. The molecule has 2 amide bonds. The second kappa shape index (κ2) is 14.4. The fourth-order valence-electron chi connectivity index (χ4n) is 4.92. The van der Waals surface area contributed by atoms with Gasteiger partial charge in [-0.1, -0.05) is 82.7 Å². The van der Waals surface area contributed by atoms with Crippen molar-refractivity contribution in [3.8, 4) is 0 Å². The smallest absolute Gasteiger partial charge is 0.264 e. The highest BCUT2D eigenvalue weighted by Gasteiger charge is 2.35. The van der Waals surface area contributed by atoms with Crippen molar-refractivity contribution in [1.29, 1.82) is 0 Å². The maximum atomic E-state index is 14.6. The molecule has 0 aliphatic carbocycles. The summed E-state index contributed by atoms with van der Waals surface area (Å²) >= 11 is 3.47. The zero-order chi connectivity index (χ0) is 32.8. The van der Waals surface area contributed by atoms with Crippen LogP contribution in [0, 0.1) is 13.8 Å². The van der Waals surface area contributed by atoms with Crippen molar-refractivity contribution >= 4 is 43.5 Å². The van der Waals surface area contributed by atoms with Gasteiger partial charge in [0.25, 0.3) is 10.0 Å². The van der Waals surface area contributed by atoms with Crippen LogP contribution in [-0.2, 0) is 32.6 Å². The SMILES string of the molecule is Cc1ccc(N(CC(=O)N(Cc2ccc(Br)cc2)[C@@H](Cc2ccccc2)C(=O)NC(C)(C)C)S(=O)(=O)c2ccccc2)cc1C. The lowest BCUT2D eigenvalue weighted by Gasteiger charge is -2.35. The van der Waals surface area contributed by atoms with Gasteiger partial charge in [-0.25, -0.2) is 8.42 Å². The second-order valence-corrected chi connectivity index (χ2v) is 15.0. The number of amides is 2. The van der Waals surface area contributed by atoms with E-state index < -0.39 is 34.1 Å². The van der Waals surface area contributed by atoms with Gasteiger partial charge in [0, 0.05) is 23.0 Å². The van der Waals surface area contributed by atoms with E-state index >= 15 is 0 Å². The molecule has 0 saturated heterocycles. The molecule has 45 heavy (non-hydrogen) atoms. The van der Waals surface area contributed by atoms with E-state index in [1.54, 1.807) is 30.3 Å². The van der Waals surface area contributed by atoms with Crippen molar-refractivity contribution in [3.05, 3.63) is 130 Å². The normalized spacial score (nSPS) is 12.3. The second-order valence-electron chi connectivity index (χ2n) is 12.2. The molecule has 4 aromatic carbocycles. The molecule has 0 radical (unpaired) electrons. The number of sulfonamides is 1. The summed E-state index contributed by atoms with van der Waals surface area (Å²) in [5.41, 5.74) is 3.39. The first kappa shape index (κ1) is 33.9. The molecule has 9 heteroatoms. The molecule has 1 atom stereocenters. The Hall–Kier alpha value is -3.95. The molecule has 4 rings (SSSR count). The number of hydrogen-bond donors (Lipinski definition) is 1. The van der Waals surface area contributed by atoms with Crippen LogP contribution in [0.5, 0.6) is 0 Å². The van der Waals surface area contributed by atoms with E-state index in [9.17, 15) is 18.0 Å². The number of rotatable bonds is 11. The number of carbonyl (C=O) groups excluding carboxylic acids is 2. The van der Waals surface area contributed by atoms with E-state index in [0.29, 0.717) is 5.69 Å². The number of aryl methyl sites for hydroxylation is 2. The number of nitrogens with one attached hydrogen (secondary N) is 1. The third-order valence-corrected chi connectivity index (χ3v) is 9.74. The van der Waals surface area contributed by atoms with Gasteiger partial charge < -0.3 is 10.2 Å². The van der Waals surface area contributed by atoms with Crippen LogP contribution in [0.4, 0.5) is 5.69 Å². The number of nitrogens with zero attached hydrogens (tertiary/aromatic N) is 2. The van der Waals surface area contributed by atoms with Gasteiger partial charge in [-0.3, -0.25) is 13.9 Å². The lowest BCUT2D eigenvalue weighted by molar-refractivity contribution is -0.140. The Kier molecular flexibility index (Phi) is 10.9. The quantitative estimate of drug-likeness (QED) is 0.187. The highest BCUT2D eigenvalue weighted by molar-refractivity contribution is 9.10. The molecule has 0 bridgehead atoms. The summed E-state index contributed by atoms with van der Waals surface area (Å²) in [4.78, 5) is 30.1. The summed E-state index contributed by atoms with van der Waals surface area (Å²) in [6.45, 7) is 9.12. The molecule has 4 aromatic rings. The predicted octanol–water partition coefficient (Wildman–Crippen LogP) is 6.82. The van der Waals surface area contributed by atoms with Crippen LogP contribution in [0.2, 0.25) is 0 Å². The van der Waals surface area contributed by atoms with E-state index in [1.807, 2.05) is 95.3 Å². The molecule has 0 fully saturated rings.